The van der Waals surface area contributed by atoms with Crippen LogP contribution in [0.25, 0.3) is 5.76 Å². The van der Waals surface area contributed by atoms with Gasteiger partial charge in [-0.2, -0.15) is 0 Å². The molecule has 0 aliphatic heterocycles. The third kappa shape index (κ3) is 7.22. The van der Waals surface area contributed by atoms with Crippen molar-refractivity contribution in [2.24, 2.45) is 11.8 Å². The van der Waals surface area contributed by atoms with E-state index < -0.39 is 0 Å². The SMILES string of the molecule is C=C(OC)c1cccc(OCCC(C)CCCC(C)C)c1. The van der Waals surface area contributed by atoms with Crippen molar-refractivity contribution < 1.29 is 9.47 Å². The number of ether oxygens (including phenoxy) is 2. The van der Waals surface area contributed by atoms with Crippen LogP contribution in [-0.4, -0.2) is 13.7 Å². The van der Waals surface area contributed by atoms with Gasteiger partial charge in [0.2, 0.25) is 0 Å². The zero-order valence-corrected chi connectivity index (χ0v) is 14.0. The smallest absolute Gasteiger partial charge is 0.120 e. The molecular formula is C19H30O2. The molecule has 0 N–H and O–H groups in total. The molecule has 2 heteroatoms. The number of benzene rings is 1. The van der Waals surface area contributed by atoms with Crippen LogP contribution in [0.15, 0.2) is 30.8 Å². The average Bonchev–Trinajstić information content (AvgIpc) is 2.46. The zero-order valence-electron chi connectivity index (χ0n) is 14.0. The highest BCUT2D eigenvalue weighted by Gasteiger charge is 2.05. The Morgan fingerprint density at radius 1 is 1.14 bits per heavy atom. The van der Waals surface area contributed by atoms with Crippen molar-refractivity contribution in [1.82, 2.24) is 0 Å². The summed E-state index contributed by atoms with van der Waals surface area (Å²) in [6.45, 7) is 11.5. The van der Waals surface area contributed by atoms with Gasteiger partial charge in [0.25, 0.3) is 0 Å². The molecule has 0 amide bonds. The van der Waals surface area contributed by atoms with Gasteiger partial charge in [0.15, 0.2) is 0 Å². The summed E-state index contributed by atoms with van der Waals surface area (Å²) in [5, 5.41) is 0. The lowest BCUT2D eigenvalue weighted by atomic mass is 9.98. The minimum Gasteiger partial charge on any atom is -0.497 e. The maximum Gasteiger partial charge on any atom is 0.120 e. The second-order valence-electron chi connectivity index (χ2n) is 6.22. The fraction of sp³-hybridized carbons (Fsp3) is 0.579. The van der Waals surface area contributed by atoms with Gasteiger partial charge in [0, 0.05) is 5.56 Å². The Bertz CT molecular complexity index is 423. The van der Waals surface area contributed by atoms with Crippen LogP contribution in [-0.2, 0) is 4.74 Å². The molecule has 1 atom stereocenters. The van der Waals surface area contributed by atoms with Crippen LogP contribution in [0.3, 0.4) is 0 Å². The Labute approximate surface area is 130 Å². The van der Waals surface area contributed by atoms with Crippen LogP contribution in [0.1, 0.15) is 52.0 Å². The second kappa shape index (κ2) is 9.49. The van der Waals surface area contributed by atoms with E-state index in [-0.39, 0.29) is 0 Å². The van der Waals surface area contributed by atoms with Gasteiger partial charge < -0.3 is 9.47 Å². The van der Waals surface area contributed by atoms with Gasteiger partial charge in [0.05, 0.1) is 13.7 Å². The normalized spacial score (nSPS) is 12.2. The summed E-state index contributed by atoms with van der Waals surface area (Å²) in [5.41, 5.74) is 0.972. The Morgan fingerprint density at radius 2 is 1.90 bits per heavy atom. The summed E-state index contributed by atoms with van der Waals surface area (Å²) in [6.07, 6.45) is 5.05. The predicted octanol–water partition coefficient (Wildman–Crippen LogP) is 5.54. The maximum atomic E-state index is 5.84. The molecule has 0 radical (unpaired) electrons. The summed E-state index contributed by atoms with van der Waals surface area (Å²) in [5.74, 6) is 3.09. The monoisotopic (exact) mass is 290 g/mol. The molecule has 1 unspecified atom stereocenters. The van der Waals surface area contributed by atoms with E-state index in [1.54, 1.807) is 7.11 Å². The fourth-order valence-electron chi connectivity index (χ4n) is 2.27. The highest BCUT2D eigenvalue weighted by molar-refractivity contribution is 5.58. The molecule has 0 saturated carbocycles. The van der Waals surface area contributed by atoms with Gasteiger partial charge in [-0.05, 0) is 30.4 Å². The van der Waals surface area contributed by atoms with Crippen LogP contribution in [0, 0.1) is 11.8 Å². The molecule has 1 rings (SSSR count). The van der Waals surface area contributed by atoms with Gasteiger partial charge in [0.1, 0.15) is 11.5 Å². The standard InChI is InChI=1S/C19H30O2/c1-15(2)8-6-9-16(3)12-13-21-19-11-7-10-18(14-19)17(4)20-5/h7,10-11,14-16H,4,6,8-9,12-13H2,1-3,5H3. The number of rotatable bonds is 10. The Balaban J connectivity index is 2.30. The van der Waals surface area contributed by atoms with E-state index in [1.165, 1.54) is 19.3 Å². The molecule has 0 heterocycles. The Morgan fingerprint density at radius 3 is 2.57 bits per heavy atom. The number of methoxy groups -OCH3 is 1. The maximum absolute atomic E-state index is 5.84. The first-order valence-electron chi connectivity index (χ1n) is 7.99. The Kier molecular flexibility index (Phi) is 7.96. The molecule has 0 spiro atoms. The van der Waals surface area contributed by atoms with Crippen molar-refractivity contribution >= 4 is 5.76 Å². The lowest BCUT2D eigenvalue weighted by Crippen LogP contribution is -2.05. The topological polar surface area (TPSA) is 18.5 Å². The number of hydrogen-bond donors (Lipinski definition) is 0. The van der Waals surface area contributed by atoms with Crippen LogP contribution >= 0.6 is 0 Å². The summed E-state index contributed by atoms with van der Waals surface area (Å²) < 4.78 is 11.0. The Hall–Kier alpha value is -1.44. The molecule has 0 aromatic heterocycles. The lowest BCUT2D eigenvalue weighted by Gasteiger charge is -2.13. The van der Waals surface area contributed by atoms with E-state index in [1.807, 2.05) is 24.3 Å². The van der Waals surface area contributed by atoms with Gasteiger partial charge >= 0.3 is 0 Å². The average molecular weight is 290 g/mol. The van der Waals surface area contributed by atoms with Crippen LogP contribution in [0.2, 0.25) is 0 Å². The third-order valence-electron chi connectivity index (χ3n) is 3.76. The number of hydrogen-bond acceptors (Lipinski definition) is 2. The molecule has 1 aromatic rings. The van der Waals surface area contributed by atoms with Gasteiger partial charge in [-0.1, -0.05) is 58.7 Å². The van der Waals surface area contributed by atoms with Crippen molar-refractivity contribution in [3.8, 4) is 5.75 Å². The molecule has 0 fully saturated rings. The summed E-state index contributed by atoms with van der Waals surface area (Å²) in [6, 6.07) is 7.92. The van der Waals surface area contributed by atoms with Crippen molar-refractivity contribution in [1.29, 1.82) is 0 Å². The van der Waals surface area contributed by atoms with Crippen molar-refractivity contribution in [2.45, 2.75) is 46.5 Å². The van der Waals surface area contributed by atoms with E-state index in [0.29, 0.717) is 5.76 Å². The molecule has 0 bridgehead atoms. The van der Waals surface area contributed by atoms with E-state index in [9.17, 15) is 0 Å². The largest absolute Gasteiger partial charge is 0.497 e. The summed E-state index contributed by atoms with van der Waals surface area (Å²) >= 11 is 0. The molecule has 0 aliphatic carbocycles. The van der Waals surface area contributed by atoms with Crippen LogP contribution < -0.4 is 4.74 Å². The highest BCUT2D eigenvalue weighted by atomic mass is 16.5. The lowest BCUT2D eigenvalue weighted by molar-refractivity contribution is 0.275. The molecule has 21 heavy (non-hydrogen) atoms. The third-order valence-corrected chi connectivity index (χ3v) is 3.76. The van der Waals surface area contributed by atoms with E-state index >= 15 is 0 Å². The van der Waals surface area contributed by atoms with E-state index in [2.05, 4.69) is 27.4 Å². The zero-order chi connectivity index (χ0) is 15.7. The molecule has 0 aliphatic rings. The first-order chi connectivity index (χ1) is 10.0. The molecular weight excluding hydrogens is 260 g/mol. The van der Waals surface area contributed by atoms with Crippen LogP contribution in [0.5, 0.6) is 5.75 Å². The van der Waals surface area contributed by atoms with E-state index in [4.69, 9.17) is 9.47 Å². The first-order valence-corrected chi connectivity index (χ1v) is 7.99. The van der Waals surface area contributed by atoms with Crippen LogP contribution in [0.4, 0.5) is 0 Å². The molecule has 118 valence electrons. The van der Waals surface area contributed by atoms with E-state index in [0.717, 1.165) is 36.2 Å². The van der Waals surface area contributed by atoms with Gasteiger partial charge in [-0.25, -0.2) is 0 Å². The van der Waals surface area contributed by atoms with Crippen molar-refractivity contribution in [3.63, 3.8) is 0 Å². The first kappa shape index (κ1) is 17.6. The molecule has 1 aromatic carbocycles. The minimum absolute atomic E-state index is 0.669. The van der Waals surface area contributed by atoms with Crippen molar-refractivity contribution in [3.05, 3.63) is 36.4 Å². The van der Waals surface area contributed by atoms with Gasteiger partial charge in [-0.3, -0.25) is 0 Å². The molecule has 2 nitrogen and oxygen atoms in total. The van der Waals surface area contributed by atoms with Gasteiger partial charge in [-0.15, -0.1) is 0 Å². The molecule has 0 saturated heterocycles. The minimum atomic E-state index is 0.669. The summed E-state index contributed by atoms with van der Waals surface area (Å²) in [4.78, 5) is 0. The van der Waals surface area contributed by atoms with Crippen molar-refractivity contribution in [2.75, 3.05) is 13.7 Å². The predicted molar refractivity (Wildman–Crippen MR) is 90.5 cm³/mol. The highest BCUT2D eigenvalue weighted by Crippen LogP contribution is 2.20. The second-order valence-corrected chi connectivity index (χ2v) is 6.22. The summed E-state index contributed by atoms with van der Waals surface area (Å²) in [7, 11) is 1.63. The quantitative estimate of drug-likeness (QED) is 0.527. The fourth-order valence-corrected chi connectivity index (χ4v) is 2.27.